The van der Waals surface area contributed by atoms with E-state index < -0.39 is 0 Å². The summed E-state index contributed by atoms with van der Waals surface area (Å²) in [5, 5.41) is 3.10. The van der Waals surface area contributed by atoms with Crippen molar-refractivity contribution in [1.82, 2.24) is 0 Å². The maximum atomic E-state index is 14.2. The fourth-order valence-electron chi connectivity index (χ4n) is 2.09. The van der Waals surface area contributed by atoms with Crippen LogP contribution in [0.1, 0.15) is 16.7 Å². The summed E-state index contributed by atoms with van der Waals surface area (Å²) in [6, 6.07) is 11.6. The molecule has 0 aliphatic rings. The van der Waals surface area contributed by atoms with E-state index in [0.717, 1.165) is 6.42 Å². The van der Waals surface area contributed by atoms with E-state index in [1.54, 1.807) is 12.1 Å². The zero-order chi connectivity index (χ0) is 15.4. The average molecular weight is 367 g/mol. The summed E-state index contributed by atoms with van der Waals surface area (Å²) in [6.45, 7) is 2.71. The van der Waals surface area contributed by atoms with Crippen LogP contribution in [0.25, 0.3) is 0 Å². The monoisotopic (exact) mass is 366 g/mol. The van der Waals surface area contributed by atoms with E-state index in [4.69, 9.17) is 18.0 Å². The Kier molecular flexibility index (Phi) is 5.31. The lowest BCUT2D eigenvalue weighted by molar-refractivity contribution is 0.623. The molecule has 0 saturated carbocycles. The van der Waals surface area contributed by atoms with E-state index in [-0.39, 0.29) is 10.8 Å². The third-order valence-corrected chi connectivity index (χ3v) is 4.15. The molecule has 3 N–H and O–H groups in total. The van der Waals surface area contributed by atoms with Crippen molar-refractivity contribution in [3.8, 4) is 0 Å². The maximum Gasteiger partial charge on any atom is 0.161 e. The summed E-state index contributed by atoms with van der Waals surface area (Å²) in [5.41, 5.74) is 8.93. The van der Waals surface area contributed by atoms with Crippen LogP contribution < -0.4 is 11.1 Å². The summed E-state index contributed by atoms with van der Waals surface area (Å²) in [5.74, 6) is -0.371. The molecular formula is C16H16BrFN2S. The number of hydrogen-bond acceptors (Lipinski definition) is 2. The normalized spacial score (nSPS) is 10.4. The summed E-state index contributed by atoms with van der Waals surface area (Å²) in [6.07, 6.45) is 0.829. The number of anilines is 1. The molecule has 0 radical (unpaired) electrons. The molecule has 0 atom stereocenters. The summed E-state index contributed by atoms with van der Waals surface area (Å²) >= 11 is 8.07. The van der Waals surface area contributed by atoms with Crippen LogP contribution in [0.3, 0.4) is 0 Å². The Morgan fingerprint density at radius 2 is 2.10 bits per heavy atom. The first kappa shape index (κ1) is 15.9. The lowest BCUT2D eigenvalue weighted by atomic mass is 10.1. The second-order valence-electron chi connectivity index (χ2n) is 4.82. The minimum absolute atomic E-state index is 0.173. The van der Waals surface area contributed by atoms with Gasteiger partial charge < -0.3 is 11.1 Å². The predicted molar refractivity (Wildman–Crippen MR) is 93.4 cm³/mol. The van der Waals surface area contributed by atoms with Gasteiger partial charge in [0, 0.05) is 12.1 Å². The number of halogens is 2. The summed E-state index contributed by atoms with van der Waals surface area (Å²) in [7, 11) is 0. The molecule has 0 spiro atoms. The SMILES string of the molecule is Cc1cccc(CCNc2ccc(C(N)=S)c(Br)c2F)c1. The average Bonchev–Trinajstić information content (AvgIpc) is 2.43. The first-order chi connectivity index (χ1) is 9.99. The summed E-state index contributed by atoms with van der Waals surface area (Å²) in [4.78, 5) is 0.173. The second kappa shape index (κ2) is 7.00. The molecular weight excluding hydrogens is 351 g/mol. The van der Waals surface area contributed by atoms with Gasteiger partial charge in [-0.2, -0.15) is 0 Å². The van der Waals surface area contributed by atoms with E-state index in [1.165, 1.54) is 11.1 Å². The van der Waals surface area contributed by atoms with Gasteiger partial charge in [0.05, 0.1) is 10.2 Å². The number of thiocarbonyl (C=S) groups is 1. The van der Waals surface area contributed by atoms with Gasteiger partial charge in [0.25, 0.3) is 0 Å². The van der Waals surface area contributed by atoms with Gasteiger partial charge in [-0.25, -0.2) is 4.39 Å². The largest absolute Gasteiger partial charge is 0.389 e. The quantitative estimate of drug-likeness (QED) is 0.779. The number of nitrogens with two attached hydrogens (primary N) is 1. The number of benzene rings is 2. The molecule has 0 aliphatic carbocycles. The third kappa shape index (κ3) is 4.02. The molecule has 2 aromatic rings. The zero-order valence-corrected chi connectivity index (χ0v) is 14.0. The van der Waals surface area contributed by atoms with Gasteiger partial charge in [-0.05, 0) is 47.0 Å². The van der Waals surface area contributed by atoms with Gasteiger partial charge in [0.1, 0.15) is 4.99 Å². The van der Waals surface area contributed by atoms with Crippen molar-refractivity contribution in [2.45, 2.75) is 13.3 Å². The Bertz CT molecular complexity index is 673. The minimum Gasteiger partial charge on any atom is -0.389 e. The molecule has 0 saturated heterocycles. The highest BCUT2D eigenvalue weighted by atomic mass is 79.9. The fourth-order valence-corrected chi connectivity index (χ4v) is 2.95. The fraction of sp³-hybridized carbons (Fsp3) is 0.188. The molecule has 2 rings (SSSR count). The van der Waals surface area contributed by atoms with Gasteiger partial charge in [-0.1, -0.05) is 42.0 Å². The maximum absolute atomic E-state index is 14.2. The zero-order valence-electron chi connectivity index (χ0n) is 11.6. The van der Waals surface area contributed by atoms with E-state index >= 15 is 0 Å². The highest BCUT2D eigenvalue weighted by molar-refractivity contribution is 9.10. The van der Waals surface area contributed by atoms with E-state index in [2.05, 4.69) is 46.4 Å². The molecule has 0 bridgehead atoms. The van der Waals surface area contributed by atoms with Crippen molar-refractivity contribution >= 4 is 38.8 Å². The van der Waals surface area contributed by atoms with Crippen LogP contribution in [-0.4, -0.2) is 11.5 Å². The first-order valence-corrected chi connectivity index (χ1v) is 7.76. The first-order valence-electron chi connectivity index (χ1n) is 6.56. The van der Waals surface area contributed by atoms with Crippen LogP contribution in [0.15, 0.2) is 40.9 Å². The number of nitrogens with one attached hydrogen (secondary N) is 1. The van der Waals surface area contributed by atoms with Crippen LogP contribution in [0, 0.1) is 12.7 Å². The van der Waals surface area contributed by atoms with E-state index in [0.29, 0.717) is 22.3 Å². The topological polar surface area (TPSA) is 38.0 Å². The molecule has 110 valence electrons. The van der Waals surface area contributed by atoms with Gasteiger partial charge >= 0.3 is 0 Å². The van der Waals surface area contributed by atoms with Crippen molar-refractivity contribution in [3.05, 3.63) is 63.4 Å². The van der Waals surface area contributed by atoms with Crippen LogP contribution >= 0.6 is 28.1 Å². The summed E-state index contributed by atoms with van der Waals surface area (Å²) < 4.78 is 14.5. The standard InChI is InChI=1S/C16H16BrFN2S/c1-10-3-2-4-11(9-10)7-8-20-13-6-5-12(16(19)21)14(17)15(13)18/h2-6,9,20H,7-8H2,1H3,(H2,19,21). The molecule has 2 nitrogen and oxygen atoms in total. The minimum atomic E-state index is -0.371. The molecule has 0 aliphatic heterocycles. The smallest absolute Gasteiger partial charge is 0.161 e. The van der Waals surface area contributed by atoms with Crippen LogP contribution in [0.2, 0.25) is 0 Å². The van der Waals surface area contributed by atoms with Crippen LogP contribution in [0.5, 0.6) is 0 Å². The number of hydrogen-bond donors (Lipinski definition) is 2. The molecule has 0 unspecified atom stereocenters. The van der Waals surface area contributed by atoms with Crippen molar-refractivity contribution in [2.24, 2.45) is 5.73 Å². The highest BCUT2D eigenvalue weighted by Crippen LogP contribution is 2.27. The Morgan fingerprint density at radius 1 is 1.33 bits per heavy atom. The molecule has 0 fully saturated rings. The Labute approximate surface area is 137 Å². The lowest BCUT2D eigenvalue weighted by Crippen LogP contribution is -2.12. The van der Waals surface area contributed by atoms with E-state index in [1.807, 2.05) is 6.07 Å². The van der Waals surface area contributed by atoms with E-state index in [9.17, 15) is 4.39 Å². The molecule has 0 heterocycles. The van der Waals surface area contributed by atoms with Crippen molar-refractivity contribution in [1.29, 1.82) is 0 Å². The van der Waals surface area contributed by atoms with Gasteiger partial charge in [-0.3, -0.25) is 0 Å². The molecule has 21 heavy (non-hydrogen) atoms. The van der Waals surface area contributed by atoms with Gasteiger partial charge in [0.15, 0.2) is 5.82 Å². The third-order valence-electron chi connectivity index (χ3n) is 3.16. The van der Waals surface area contributed by atoms with Crippen LogP contribution in [-0.2, 0) is 6.42 Å². The van der Waals surface area contributed by atoms with Gasteiger partial charge in [-0.15, -0.1) is 0 Å². The van der Waals surface area contributed by atoms with Gasteiger partial charge in [0.2, 0.25) is 0 Å². The number of aryl methyl sites for hydroxylation is 1. The van der Waals surface area contributed by atoms with Crippen molar-refractivity contribution in [3.63, 3.8) is 0 Å². The van der Waals surface area contributed by atoms with Crippen molar-refractivity contribution in [2.75, 3.05) is 11.9 Å². The van der Waals surface area contributed by atoms with Crippen LogP contribution in [0.4, 0.5) is 10.1 Å². The molecule has 5 heteroatoms. The predicted octanol–water partition coefficient (Wildman–Crippen LogP) is 4.19. The van der Waals surface area contributed by atoms with Crippen molar-refractivity contribution < 1.29 is 4.39 Å². The highest BCUT2D eigenvalue weighted by Gasteiger charge is 2.12. The lowest BCUT2D eigenvalue weighted by Gasteiger charge is -2.11. The molecule has 0 aromatic heterocycles. The Hall–Kier alpha value is -1.46. The Morgan fingerprint density at radius 3 is 2.76 bits per heavy atom. The molecule has 0 amide bonds. The Balaban J connectivity index is 2.04. The molecule has 2 aromatic carbocycles. The number of rotatable bonds is 5. The second-order valence-corrected chi connectivity index (χ2v) is 6.05.